The van der Waals surface area contributed by atoms with Crippen LogP contribution in [0.25, 0.3) is 0 Å². The summed E-state index contributed by atoms with van der Waals surface area (Å²) in [5.74, 6) is -1.75. The average molecular weight is 551 g/mol. The Bertz CT molecular complexity index is 1330. The zero-order valence-corrected chi connectivity index (χ0v) is 22.3. The van der Waals surface area contributed by atoms with Crippen LogP contribution in [0.4, 0.5) is 5.69 Å². The van der Waals surface area contributed by atoms with Crippen molar-refractivity contribution in [2.75, 3.05) is 17.3 Å². The topological polar surface area (TPSA) is 66.5 Å². The van der Waals surface area contributed by atoms with Crippen molar-refractivity contribution in [3.05, 3.63) is 99.0 Å². The van der Waals surface area contributed by atoms with Crippen LogP contribution in [0.3, 0.4) is 0 Å². The Morgan fingerprint density at radius 1 is 0.865 bits per heavy atom. The minimum atomic E-state index is -0.918. The third kappa shape index (κ3) is 3.80. The van der Waals surface area contributed by atoms with Gasteiger partial charge in [0, 0.05) is 17.5 Å². The van der Waals surface area contributed by atoms with E-state index in [1.807, 2.05) is 30.5 Å². The maximum atomic E-state index is 14.1. The number of carbonyl (C=O) groups excluding carboxylic acids is 3. The summed E-state index contributed by atoms with van der Waals surface area (Å²) < 4.78 is 0. The van der Waals surface area contributed by atoms with E-state index < -0.39 is 23.8 Å². The van der Waals surface area contributed by atoms with Crippen molar-refractivity contribution in [1.82, 2.24) is 4.90 Å². The van der Waals surface area contributed by atoms with Crippen molar-refractivity contribution >= 4 is 58.4 Å². The van der Waals surface area contributed by atoms with E-state index in [4.69, 9.17) is 23.2 Å². The van der Waals surface area contributed by atoms with Crippen molar-refractivity contribution in [2.45, 2.75) is 24.3 Å². The maximum Gasteiger partial charge on any atom is 0.247 e. The van der Waals surface area contributed by atoms with Gasteiger partial charge < -0.3 is 5.32 Å². The molecule has 188 valence electrons. The highest BCUT2D eigenvalue weighted by molar-refractivity contribution is 7.98. The summed E-state index contributed by atoms with van der Waals surface area (Å²) in [7, 11) is 0. The van der Waals surface area contributed by atoms with Gasteiger partial charge in [-0.15, -0.1) is 0 Å². The molecular formula is C29H24Cl2N2O3S. The minimum Gasteiger partial charge on any atom is -0.324 e. The number of benzene rings is 3. The predicted octanol–water partition coefficient (Wildman–Crippen LogP) is 5.95. The van der Waals surface area contributed by atoms with Gasteiger partial charge in [0.25, 0.3) is 0 Å². The first-order chi connectivity index (χ1) is 17.9. The second-order valence-electron chi connectivity index (χ2n) is 9.73. The molecule has 1 saturated heterocycles. The lowest BCUT2D eigenvalue weighted by molar-refractivity contribution is -0.146. The summed E-state index contributed by atoms with van der Waals surface area (Å²) >= 11 is 13.7. The molecule has 7 rings (SSSR count). The average Bonchev–Trinajstić information content (AvgIpc) is 3.17. The molecule has 0 spiro atoms. The van der Waals surface area contributed by atoms with Crippen molar-refractivity contribution in [3.8, 4) is 0 Å². The number of nitrogens with one attached hydrogen (secondary N) is 1. The first-order valence-electron chi connectivity index (χ1n) is 12.2. The Labute approximate surface area is 229 Å². The van der Waals surface area contributed by atoms with Crippen molar-refractivity contribution in [2.24, 2.45) is 11.8 Å². The fourth-order valence-corrected chi connectivity index (χ4v) is 7.17. The van der Waals surface area contributed by atoms with Gasteiger partial charge in [0.05, 0.1) is 21.9 Å². The third-order valence-electron chi connectivity index (χ3n) is 7.88. The van der Waals surface area contributed by atoms with Crippen LogP contribution in [0, 0.1) is 11.8 Å². The molecule has 5 nitrogen and oxygen atoms in total. The Balaban J connectivity index is 1.39. The highest BCUT2D eigenvalue weighted by Crippen LogP contribution is 2.61. The molecule has 3 aliphatic carbocycles. The minimum absolute atomic E-state index is 0.205. The molecule has 37 heavy (non-hydrogen) atoms. The number of likely N-dealkylation sites (tertiary alicyclic amines) is 1. The Hall–Kier alpha value is -2.80. The fourth-order valence-electron chi connectivity index (χ4n) is 6.41. The number of hydrogen-bond acceptors (Lipinski definition) is 4. The molecule has 1 heterocycles. The summed E-state index contributed by atoms with van der Waals surface area (Å²) in [5, 5.41) is 3.54. The van der Waals surface area contributed by atoms with Crippen LogP contribution >= 0.6 is 35.0 Å². The molecule has 4 aliphatic rings. The number of carbonyl (C=O) groups is 3. The van der Waals surface area contributed by atoms with E-state index in [-0.39, 0.29) is 23.7 Å². The number of anilines is 1. The van der Waals surface area contributed by atoms with Gasteiger partial charge in [0.15, 0.2) is 0 Å². The van der Waals surface area contributed by atoms with Crippen LogP contribution < -0.4 is 5.32 Å². The molecule has 0 aromatic heterocycles. The van der Waals surface area contributed by atoms with Gasteiger partial charge in [-0.05, 0) is 58.9 Å². The normalized spacial score (nSPS) is 23.9. The van der Waals surface area contributed by atoms with Gasteiger partial charge in [-0.2, -0.15) is 11.8 Å². The number of imide groups is 1. The van der Waals surface area contributed by atoms with Crippen LogP contribution in [-0.4, -0.2) is 40.7 Å². The third-order valence-corrected chi connectivity index (χ3v) is 9.26. The molecule has 8 heteroatoms. The fraction of sp³-hybridized carbons (Fsp3) is 0.276. The van der Waals surface area contributed by atoms with E-state index >= 15 is 0 Å². The van der Waals surface area contributed by atoms with Gasteiger partial charge in [-0.25, -0.2) is 0 Å². The number of thioether (sulfide) groups is 1. The second-order valence-corrected chi connectivity index (χ2v) is 11.5. The first kappa shape index (κ1) is 24.5. The summed E-state index contributed by atoms with van der Waals surface area (Å²) in [4.78, 5) is 43.0. The van der Waals surface area contributed by atoms with Crippen molar-refractivity contribution in [1.29, 1.82) is 0 Å². The van der Waals surface area contributed by atoms with Gasteiger partial charge in [0.1, 0.15) is 6.04 Å². The molecule has 1 N–H and O–H groups in total. The number of hydrogen-bond donors (Lipinski definition) is 1. The van der Waals surface area contributed by atoms with Crippen LogP contribution in [0.2, 0.25) is 10.0 Å². The molecule has 3 aromatic rings. The lowest BCUT2D eigenvalue weighted by Crippen LogP contribution is -2.48. The summed E-state index contributed by atoms with van der Waals surface area (Å²) in [6, 6.07) is 20.1. The van der Waals surface area contributed by atoms with E-state index in [0.717, 1.165) is 22.3 Å². The van der Waals surface area contributed by atoms with E-state index in [9.17, 15) is 14.4 Å². The largest absolute Gasteiger partial charge is 0.324 e. The Morgan fingerprint density at radius 2 is 1.38 bits per heavy atom. The molecule has 0 saturated carbocycles. The van der Waals surface area contributed by atoms with Crippen LogP contribution in [-0.2, 0) is 14.4 Å². The maximum absolute atomic E-state index is 14.1. The Morgan fingerprint density at radius 3 is 1.84 bits per heavy atom. The molecule has 0 radical (unpaired) electrons. The number of amides is 3. The highest BCUT2D eigenvalue weighted by atomic mass is 35.5. The number of rotatable bonds is 6. The lowest BCUT2D eigenvalue weighted by Gasteiger charge is -2.45. The smallest absolute Gasteiger partial charge is 0.247 e. The molecule has 0 unspecified atom stereocenters. The van der Waals surface area contributed by atoms with Crippen LogP contribution in [0.5, 0.6) is 0 Å². The molecule has 3 aromatic carbocycles. The molecular weight excluding hydrogens is 527 g/mol. The molecule has 1 fully saturated rings. The molecule has 3 amide bonds. The standard InChI is InChI=1S/C29H24Cl2N2O3S/c1-37-13-12-22(27(34)32-15-10-11-20(30)21(31)14-15)33-28(35)25-23-16-6-2-3-7-17(16)24(26(25)29(33)36)19-9-5-4-8-18(19)23/h2-11,14,22-26H,12-13H2,1H3,(H,32,34)/t22-,23?,24?,25-,26+/m1/s1. The van der Waals surface area contributed by atoms with Gasteiger partial charge in [-0.1, -0.05) is 71.7 Å². The first-order valence-corrected chi connectivity index (χ1v) is 14.4. The number of nitrogens with zero attached hydrogens (tertiary/aromatic N) is 1. The molecule has 1 aliphatic heterocycles. The lowest BCUT2D eigenvalue weighted by atomic mass is 9.55. The van der Waals surface area contributed by atoms with Gasteiger partial charge in [0.2, 0.25) is 17.7 Å². The predicted molar refractivity (Wildman–Crippen MR) is 147 cm³/mol. The van der Waals surface area contributed by atoms with Gasteiger partial charge >= 0.3 is 0 Å². The van der Waals surface area contributed by atoms with Gasteiger partial charge in [-0.3, -0.25) is 19.3 Å². The zero-order valence-electron chi connectivity index (χ0n) is 20.0. The van der Waals surface area contributed by atoms with E-state index in [1.54, 1.807) is 30.0 Å². The van der Waals surface area contributed by atoms with Crippen molar-refractivity contribution in [3.63, 3.8) is 0 Å². The van der Waals surface area contributed by atoms with Crippen LogP contribution in [0.15, 0.2) is 66.7 Å². The Kier molecular flexibility index (Phi) is 6.30. The van der Waals surface area contributed by atoms with E-state index in [2.05, 4.69) is 29.6 Å². The quantitative estimate of drug-likeness (QED) is 0.385. The monoisotopic (exact) mass is 550 g/mol. The summed E-state index contributed by atoms with van der Waals surface area (Å²) in [5.41, 5.74) is 4.89. The SMILES string of the molecule is CSCC[C@H](C(=O)Nc1ccc(Cl)c(Cl)c1)N1C(=O)[C@@H]2C3c4ccccc4C(c4ccccc43)[C@@H]2C1=O. The molecule has 3 atom stereocenters. The second kappa shape index (κ2) is 9.50. The van der Waals surface area contributed by atoms with Crippen LogP contribution in [0.1, 0.15) is 40.5 Å². The summed E-state index contributed by atoms with van der Waals surface area (Å²) in [6.45, 7) is 0. The van der Waals surface area contributed by atoms with E-state index in [1.165, 1.54) is 4.90 Å². The highest BCUT2D eigenvalue weighted by Gasteiger charge is 2.62. The summed E-state index contributed by atoms with van der Waals surface area (Å²) in [6.07, 6.45) is 2.30. The molecule has 2 bridgehead atoms. The zero-order chi connectivity index (χ0) is 25.8. The van der Waals surface area contributed by atoms with E-state index in [0.29, 0.717) is 27.9 Å². The number of halogens is 2. The van der Waals surface area contributed by atoms with Crippen molar-refractivity contribution < 1.29 is 14.4 Å².